The minimum atomic E-state index is 0.286. The molecule has 78 valence electrons. The summed E-state index contributed by atoms with van der Waals surface area (Å²) in [6.45, 7) is 0. The van der Waals surface area contributed by atoms with Gasteiger partial charge in [-0.3, -0.25) is 0 Å². The Labute approximate surface area is 96.6 Å². The van der Waals surface area contributed by atoms with Crippen molar-refractivity contribution in [2.75, 3.05) is 0 Å². The molecule has 1 aromatic carbocycles. The molecule has 0 aliphatic carbocycles. The smallest absolute Gasteiger partial charge is 0.250 e. The van der Waals surface area contributed by atoms with E-state index in [1.165, 1.54) is 6.33 Å². The molecule has 0 spiro atoms. The van der Waals surface area contributed by atoms with Gasteiger partial charge in [0.15, 0.2) is 10.8 Å². The minimum absolute atomic E-state index is 0.286. The highest BCUT2D eigenvalue weighted by atomic mass is 35.5. The molecule has 0 fully saturated rings. The molecular formula is C11H6ClN3O. The van der Waals surface area contributed by atoms with Gasteiger partial charge in [0.05, 0.1) is 0 Å². The van der Waals surface area contributed by atoms with Crippen LogP contribution in [0.25, 0.3) is 0 Å². The zero-order chi connectivity index (χ0) is 11.0. The second-order valence-electron chi connectivity index (χ2n) is 3.22. The molecule has 0 bridgehead atoms. The average molecular weight is 232 g/mol. The van der Waals surface area contributed by atoms with Crippen LogP contribution >= 0.6 is 11.6 Å². The standard InChI is InChI=1S/C11H6ClN3O/c12-10-9-11(15-6-14-10)16-8-4-2-1-3-7(8)5-13-9/h1-6H. The second-order valence-corrected chi connectivity index (χ2v) is 3.57. The van der Waals surface area contributed by atoms with Crippen LogP contribution in [0.15, 0.2) is 35.6 Å². The summed E-state index contributed by atoms with van der Waals surface area (Å²) in [5.74, 6) is 1.08. The van der Waals surface area contributed by atoms with E-state index in [1.807, 2.05) is 24.3 Å². The largest absolute Gasteiger partial charge is 0.436 e. The van der Waals surface area contributed by atoms with E-state index >= 15 is 0 Å². The van der Waals surface area contributed by atoms with Crippen molar-refractivity contribution < 1.29 is 4.74 Å². The third-order valence-corrected chi connectivity index (χ3v) is 2.48. The molecule has 0 atom stereocenters. The van der Waals surface area contributed by atoms with Gasteiger partial charge in [0.1, 0.15) is 12.1 Å². The number of nitrogens with zero attached hydrogens (tertiary/aromatic N) is 3. The molecule has 0 saturated carbocycles. The van der Waals surface area contributed by atoms with Crippen LogP contribution in [0.5, 0.6) is 11.6 Å². The topological polar surface area (TPSA) is 47.4 Å². The Morgan fingerprint density at radius 3 is 2.94 bits per heavy atom. The molecule has 5 heteroatoms. The van der Waals surface area contributed by atoms with Gasteiger partial charge in [-0.2, -0.15) is 4.98 Å². The Kier molecular flexibility index (Phi) is 2.08. The predicted molar refractivity (Wildman–Crippen MR) is 60.8 cm³/mol. The van der Waals surface area contributed by atoms with E-state index in [0.29, 0.717) is 17.3 Å². The fraction of sp³-hybridized carbons (Fsp3) is 0. The lowest BCUT2D eigenvalue weighted by Gasteiger charge is -2.05. The fourth-order valence-corrected chi connectivity index (χ4v) is 1.62. The summed E-state index contributed by atoms with van der Waals surface area (Å²) >= 11 is 5.91. The molecule has 4 nitrogen and oxygen atoms in total. The number of hydrogen-bond acceptors (Lipinski definition) is 4. The Morgan fingerprint density at radius 2 is 2.00 bits per heavy atom. The molecule has 2 aromatic rings. The zero-order valence-electron chi connectivity index (χ0n) is 8.09. The van der Waals surface area contributed by atoms with Crippen molar-refractivity contribution >= 4 is 23.5 Å². The molecule has 2 heterocycles. The molecule has 16 heavy (non-hydrogen) atoms. The molecule has 0 N–H and O–H groups in total. The lowest BCUT2D eigenvalue weighted by atomic mass is 10.2. The summed E-state index contributed by atoms with van der Waals surface area (Å²) in [5, 5.41) is 0.286. The van der Waals surface area contributed by atoms with Gasteiger partial charge in [0.25, 0.3) is 0 Å². The third-order valence-electron chi connectivity index (χ3n) is 2.20. The van der Waals surface area contributed by atoms with Crippen molar-refractivity contribution in [3.8, 4) is 11.6 Å². The van der Waals surface area contributed by atoms with Crippen molar-refractivity contribution in [1.82, 2.24) is 9.97 Å². The van der Waals surface area contributed by atoms with Crippen LogP contribution < -0.4 is 4.74 Å². The SMILES string of the molecule is Clc1ncnc2c1N=Cc1ccccc1O2. The number of hydrogen-bond donors (Lipinski definition) is 0. The zero-order valence-corrected chi connectivity index (χ0v) is 8.85. The molecule has 0 radical (unpaired) electrons. The van der Waals surface area contributed by atoms with Crippen molar-refractivity contribution in [3.05, 3.63) is 41.3 Å². The van der Waals surface area contributed by atoms with Crippen LogP contribution in [-0.4, -0.2) is 16.2 Å². The number of fused-ring (bicyclic) bond motifs is 2. The number of aliphatic imine (C=N–C) groups is 1. The van der Waals surface area contributed by atoms with E-state index < -0.39 is 0 Å². The predicted octanol–water partition coefficient (Wildman–Crippen LogP) is 2.99. The van der Waals surface area contributed by atoms with Crippen LogP contribution in [0.2, 0.25) is 5.15 Å². The maximum atomic E-state index is 5.91. The molecule has 0 amide bonds. The van der Waals surface area contributed by atoms with Gasteiger partial charge in [-0.15, -0.1) is 0 Å². The monoisotopic (exact) mass is 231 g/mol. The maximum absolute atomic E-state index is 5.91. The number of para-hydroxylation sites is 1. The quantitative estimate of drug-likeness (QED) is 0.559. The Bertz CT molecular complexity index is 583. The van der Waals surface area contributed by atoms with Gasteiger partial charge >= 0.3 is 0 Å². The van der Waals surface area contributed by atoms with Crippen molar-refractivity contribution in [1.29, 1.82) is 0 Å². The Morgan fingerprint density at radius 1 is 1.12 bits per heavy atom. The third kappa shape index (κ3) is 1.44. The number of rotatable bonds is 0. The van der Waals surface area contributed by atoms with Gasteiger partial charge in [-0.25, -0.2) is 9.98 Å². The van der Waals surface area contributed by atoms with Crippen LogP contribution in [0.1, 0.15) is 5.56 Å². The number of aromatic nitrogens is 2. The van der Waals surface area contributed by atoms with Crippen LogP contribution in [-0.2, 0) is 0 Å². The first kappa shape index (κ1) is 9.30. The van der Waals surface area contributed by atoms with E-state index in [1.54, 1.807) is 6.21 Å². The normalized spacial score (nSPS) is 12.3. The summed E-state index contributed by atoms with van der Waals surface area (Å²) in [6, 6.07) is 7.57. The highest BCUT2D eigenvalue weighted by molar-refractivity contribution is 6.32. The molecule has 0 saturated heterocycles. The van der Waals surface area contributed by atoms with Crippen LogP contribution in [0, 0.1) is 0 Å². The summed E-state index contributed by atoms with van der Waals surface area (Å²) < 4.78 is 5.62. The average Bonchev–Trinajstić information content (AvgIpc) is 2.48. The highest BCUT2D eigenvalue weighted by Crippen LogP contribution is 2.37. The number of halogens is 1. The summed E-state index contributed by atoms with van der Waals surface area (Å²) in [5.41, 5.74) is 1.34. The summed E-state index contributed by atoms with van der Waals surface area (Å²) in [7, 11) is 0. The van der Waals surface area contributed by atoms with Crippen molar-refractivity contribution in [3.63, 3.8) is 0 Å². The Hall–Kier alpha value is -1.94. The molecule has 1 aliphatic heterocycles. The lowest BCUT2D eigenvalue weighted by Crippen LogP contribution is -1.90. The van der Waals surface area contributed by atoms with Gasteiger partial charge in [0, 0.05) is 11.8 Å². The molecule has 1 aromatic heterocycles. The van der Waals surface area contributed by atoms with Gasteiger partial charge < -0.3 is 4.74 Å². The first-order chi connectivity index (χ1) is 7.84. The van der Waals surface area contributed by atoms with Gasteiger partial charge in [0.2, 0.25) is 5.88 Å². The van der Waals surface area contributed by atoms with Gasteiger partial charge in [-0.1, -0.05) is 23.7 Å². The molecule has 3 rings (SSSR count). The maximum Gasteiger partial charge on any atom is 0.250 e. The summed E-state index contributed by atoms with van der Waals surface area (Å²) in [4.78, 5) is 12.1. The minimum Gasteiger partial charge on any atom is -0.436 e. The first-order valence-corrected chi connectivity index (χ1v) is 5.04. The molecular weight excluding hydrogens is 226 g/mol. The fourth-order valence-electron chi connectivity index (χ4n) is 1.44. The van der Waals surface area contributed by atoms with E-state index in [9.17, 15) is 0 Å². The van der Waals surface area contributed by atoms with Crippen molar-refractivity contribution in [2.24, 2.45) is 4.99 Å². The first-order valence-electron chi connectivity index (χ1n) is 4.66. The van der Waals surface area contributed by atoms with Crippen molar-refractivity contribution in [2.45, 2.75) is 0 Å². The summed E-state index contributed by atoms with van der Waals surface area (Å²) in [6.07, 6.45) is 3.04. The van der Waals surface area contributed by atoms with Crippen LogP contribution in [0.4, 0.5) is 5.69 Å². The van der Waals surface area contributed by atoms with E-state index in [0.717, 1.165) is 5.56 Å². The second kappa shape index (κ2) is 3.57. The van der Waals surface area contributed by atoms with E-state index in [-0.39, 0.29) is 5.15 Å². The highest BCUT2D eigenvalue weighted by Gasteiger charge is 2.15. The lowest BCUT2D eigenvalue weighted by molar-refractivity contribution is 0.464. The molecule has 1 aliphatic rings. The van der Waals surface area contributed by atoms with E-state index in [4.69, 9.17) is 16.3 Å². The Balaban J connectivity index is 2.21. The van der Waals surface area contributed by atoms with Crippen LogP contribution in [0.3, 0.4) is 0 Å². The van der Waals surface area contributed by atoms with Gasteiger partial charge in [-0.05, 0) is 12.1 Å². The van der Waals surface area contributed by atoms with E-state index in [2.05, 4.69) is 15.0 Å². The molecule has 0 unspecified atom stereocenters. The number of ether oxygens (including phenoxy) is 1. The number of benzene rings is 1.